The zero-order valence-corrected chi connectivity index (χ0v) is 19.4. The lowest BCUT2D eigenvalue weighted by molar-refractivity contribution is 0.0280. The van der Waals surface area contributed by atoms with E-state index in [-0.39, 0.29) is 5.78 Å². The monoisotopic (exact) mass is 466 g/mol. The highest BCUT2D eigenvalue weighted by molar-refractivity contribution is 6.05. The Labute approximate surface area is 208 Å². The van der Waals surface area contributed by atoms with Crippen LogP contribution < -0.4 is 0 Å². The zero-order valence-electron chi connectivity index (χ0n) is 19.4. The number of hydrogen-bond acceptors (Lipinski definition) is 3. The molecule has 0 aliphatic rings. The van der Waals surface area contributed by atoms with E-state index in [0.29, 0.717) is 16.7 Å². The minimum absolute atomic E-state index is 0.259. The highest BCUT2D eigenvalue weighted by Gasteiger charge is 2.27. The molecule has 0 spiro atoms. The molecule has 6 rings (SSSR count). The number of esters is 1. The van der Waals surface area contributed by atoms with E-state index in [1.165, 1.54) is 0 Å². The van der Waals surface area contributed by atoms with Crippen molar-refractivity contribution >= 4 is 44.1 Å². The second kappa shape index (κ2) is 9.12. The average Bonchev–Trinajstić information content (AvgIpc) is 2.94. The molecule has 1 atom stereocenters. The van der Waals surface area contributed by atoms with Crippen LogP contribution in [0, 0.1) is 0 Å². The fourth-order valence-electron chi connectivity index (χ4n) is 4.63. The van der Waals surface area contributed by atoms with Gasteiger partial charge >= 0.3 is 5.97 Å². The van der Waals surface area contributed by atoms with Crippen molar-refractivity contribution in [2.75, 3.05) is 0 Å². The molecule has 172 valence electrons. The van der Waals surface area contributed by atoms with E-state index >= 15 is 0 Å². The number of ether oxygens (including phenoxy) is 1. The number of Topliss-reactive ketones (excluding diaryl/α,β-unsaturated/α-hetero) is 1. The first-order valence-electron chi connectivity index (χ1n) is 11.9. The van der Waals surface area contributed by atoms with Crippen molar-refractivity contribution in [2.24, 2.45) is 0 Å². The predicted molar refractivity (Wildman–Crippen MR) is 144 cm³/mol. The summed E-state index contributed by atoms with van der Waals surface area (Å²) < 4.78 is 5.96. The maximum absolute atomic E-state index is 13.8. The van der Waals surface area contributed by atoms with Crippen LogP contribution in [0.5, 0.6) is 0 Å². The summed E-state index contributed by atoms with van der Waals surface area (Å²) in [5, 5.41) is 6.01. The van der Waals surface area contributed by atoms with E-state index in [1.807, 2.05) is 109 Å². The Hall–Kier alpha value is -4.76. The van der Waals surface area contributed by atoms with Crippen molar-refractivity contribution in [3.05, 3.63) is 144 Å². The normalized spacial score (nSPS) is 12.0. The predicted octanol–water partition coefficient (Wildman–Crippen LogP) is 7.93. The minimum atomic E-state index is -1.07. The molecule has 36 heavy (non-hydrogen) atoms. The van der Waals surface area contributed by atoms with Crippen molar-refractivity contribution in [1.29, 1.82) is 0 Å². The van der Waals surface area contributed by atoms with Gasteiger partial charge in [-0.05, 0) is 56.6 Å². The third kappa shape index (κ3) is 4.12. The van der Waals surface area contributed by atoms with Gasteiger partial charge in [-0.3, -0.25) is 4.79 Å². The van der Waals surface area contributed by atoms with Gasteiger partial charge in [0.05, 0.1) is 5.56 Å². The second-order valence-corrected chi connectivity index (χ2v) is 8.88. The molecule has 0 amide bonds. The van der Waals surface area contributed by atoms with Gasteiger partial charge in [-0.25, -0.2) is 4.79 Å². The van der Waals surface area contributed by atoms with Crippen LogP contribution in [-0.2, 0) is 4.74 Å². The second-order valence-electron chi connectivity index (χ2n) is 8.88. The quantitative estimate of drug-likeness (QED) is 0.191. The van der Waals surface area contributed by atoms with E-state index in [0.717, 1.165) is 32.3 Å². The molecule has 0 fully saturated rings. The third-order valence-electron chi connectivity index (χ3n) is 6.56. The lowest BCUT2D eigenvalue weighted by Gasteiger charge is -2.19. The first-order valence-corrected chi connectivity index (χ1v) is 11.9. The van der Waals surface area contributed by atoms with E-state index < -0.39 is 12.1 Å². The molecule has 0 aliphatic heterocycles. The fraction of sp³-hybridized carbons (Fsp3) is 0.0303. The molecule has 0 heterocycles. The zero-order chi connectivity index (χ0) is 24.5. The Morgan fingerprint density at radius 3 is 1.50 bits per heavy atom. The van der Waals surface area contributed by atoms with E-state index in [2.05, 4.69) is 0 Å². The summed E-state index contributed by atoms with van der Waals surface area (Å²) in [5.41, 5.74) is 1.55. The topological polar surface area (TPSA) is 43.4 Å². The van der Waals surface area contributed by atoms with E-state index in [9.17, 15) is 9.59 Å². The fourth-order valence-corrected chi connectivity index (χ4v) is 4.63. The van der Waals surface area contributed by atoms with Crippen LogP contribution in [0.2, 0.25) is 0 Å². The molecule has 3 heteroatoms. The number of ketones is 1. The van der Waals surface area contributed by atoms with Crippen LogP contribution in [0.25, 0.3) is 32.3 Å². The van der Waals surface area contributed by atoms with Crippen molar-refractivity contribution in [3.63, 3.8) is 0 Å². The lowest BCUT2D eigenvalue weighted by atomic mass is 9.95. The summed E-state index contributed by atoms with van der Waals surface area (Å²) in [6.45, 7) is 0. The number of carbonyl (C=O) groups excluding carboxylic acids is 2. The molecule has 0 aromatic heterocycles. The van der Waals surface area contributed by atoms with Gasteiger partial charge in [0.15, 0.2) is 6.10 Å². The van der Waals surface area contributed by atoms with Gasteiger partial charge in [-0.1, -0.05) is 103 Å². The SMILES string of the molecule is O=C(OC(C(=O)c1ccc2ccccc2c1)c1ccc2ccccc2c1)c1ccc2ccccc2c1. The number of hydrogen-bond donors (Lipinski definition) is 0. The molecule has 0 aliphatic carbocycles. The third-order valence-corrected chi connectivity index (χ3v) is 6.56. The number of benzene rings is 6. The van der Waals surface area contributed by atoms with Gasteiger partial charge in [0.25, 0.3) is 0 Å². The molecule has 0 N–H and O–H groups in total. The first-order chi connectivity index (χ1) is 17.7. The van der Waals surface area contributed by atoms with Gasteiger partial charge in [-0.15, -0.1) is 0 Å². The molecular weight excluding hydrogens is 444 g/mol. The molecule has 6 aromatic rings. The van der Waals surface area contributed by atoms with Crippen LogP contribution in [0.15, 0.2) is 127 Å². The number of fused-ring (bicyclic) bond motifs is 3. The van der Waals surface area contributed by atoms with Crippen LogP contribution in [0.3, 0.4) is 0 Å². The Morgan fingerprint density at radius 1 is 0.472 bits per heavy atom. The van der Waals surface area contributed by atoms with Crippen LogP contribution in [-0.4, -0.2) is 11.8 Å². The lowest BCUT2D eigenvalue weighted by Crippen LogP contribution is -2.20. The van der Waals surface area contributed by atoms with Gasteiger partial charge < -0.3 is 4.74 Å². The highest BCUT2D eigenvalue weighted by Crippen LogP contribution is 2.29. The van der Waals surface area contributed by atoms with E-state index in [1.54, 1.807) is 18.2 Å². The summed E-state index contributed by atoms with van der Waals surface area (Å²) in [6, 6.07) is 40.4. The number of rotatable bonds is 5. The Kier molecular flexibility index (Phi) is 5.51. The van der Waals surface area contributed by atoms with Gasteiger partial charge in [-0.2, -0.15) is 0 Å². The van der Waals surface area contributed by atoms with Crippen molar-refractivity contribution < 1.29 is 14.3 Å². The van der Waals surface area contributed by atoms with Gasteiger partial charge in [0.1, 0.15) is 0 Å². The maximum atomic E-state index is 13.8. The van der Waals surface area contributed by atoms with Crippen LogP contribution in [0.1, 0.15) is 32.4 Å². The summed E-state index contributed by atoms with van der Waals surface area (Å²) in [7, 11) is 0. The molecule has 0 saturated carbocycles. The molecule has 0 saturated heterocycles. The maximum Gasteiger partial charge on any atom is 0.339 e. The van der Waals surface area contributed by atoms with Crippen molar-refractivity contribution in [1.82, 2.24) is 0 Å². The van der Waals surface area contributed by atoms with Crippen LogP contribution in [0.4, 0.5) is 0 Å². The average molecular weight is 467 g/mol. The summed E-state index contributed by atoms with van der Waals surface area (Å²) >= 11 is 0. The standard InChI is InChI=1S/C33H22O3/c34-31(28-16-13-22-7-1-4-10-25(22)19-28)32(29-17-14-23-8-2-5-11-26(23)20-29)36-33(35)30-18-15-24-9-3-6-12-27(24)21-30/h1-21,32H. The molecule has 3 nitrogen and oxygen atoms in total. The smallest absolute Gasteiger partial charge is 0.339 e. The minimum Gasteiger partial charge on any atom is -0.445 e. The molecule has 1 unspecified atom stereocenters. The molecular formula is C33H22O3. The van der Waals surface area contributed by atoms with Crippen molar-refractivity contribution in [3.8, 4) is 0 Å². The van der Waals surface area contributed by atoms with E-state index in [4.69, 9.17) is 4.74 Å². The Balaban J connectivity index is 1.41. The summed E-state index contributed by atoms with van der Waals surface area (Å²) in [5.74, 6) is -0.793. The Morgan fingerprint density at radius 2 is 0.917 bits per heavy atom. The number of carbonyl (C=O) groups is 2. The van der Waals surface area contributed by atoms with Gasteiger partial charge in [0.2, 0.25) is 5.78 Å². The largest absolute Gasteiger partial charge is 0.445 e. The first kappa shape index (κ1) is 21.8. The van der Waals surface area contributed by atoms with Crippen LogP contribution >= 0.6 is 0 Å². The molecule has 0 bridgehead atoms. The summed E-state index contributed by atoms with van der Waals surface area (Å²) in [6.07, 6.45) is -1.07. The summed E-state index contributed by atoms with van der Waals surface area (Å²) in [4.78, 5) is 27.1. The highest BCUT2D eigenvalue weighted by atomic mass is 16.5. The van der Waals surface area contributed by atoms with Crippen molar-refractivity contribution in [2.45, 2.75) is 6.10 Å². The Bertz CT molecular complexity index is 1770. The molecule has 0 radical (unpaired) electrons. The van der Waals surface area contributed by atoms with Gasteiger partial charge in [0, 0.05) is 11.1 Å². The molecule has 6 aromatic carbocycles.